The number of rotatable bonds is 10. The molecule has 1 heterocycles. The molecule has 3 rings (SSSR count). The summed E-state index contributed by atoms with van der Waals surface area (Å²) in [5, 5.41) is 3.33. The van der Waals surface area contributed by atoms with Gasteiger partial charge in [0, 0.05) is 25.6 Å². The first-order valence-electron chi connectivity index (χ1n) is 11.2. The lowest BCUT2D eigenvalue weighted by Crippen LogP contribution is -2.41. The van der Waals surface area contributed by atoms with Gasteiger partial charge in [-0.25, -0.2) is 4.39 Å². The third kappa shape index (κ3) is 8.92. The Hall–Kier alpha value is -2.20. The Morgan fingerprint density at radius 2 is 1.94 bits per heavy atom. The van der Waals surface area contributed by atoms with E-state index in [1.54, 1.807) is 12.1 Å². The highest BCUT2D eigenvalue weighted by atomic mass is 127. The number of primary amides is 1. The molecule has 0 radical (unpaired) electrons. The maximum absolute atomic E-state index is 13.2. The highest BCUT2D eigenvalue weighted by Crippen LogP contribution is 2.18. The van der Waals surface area contributed by atoms with Gasteiger partial charge < -0.3 is 20.7 Å². The number of nitrogens with one attached hydrogen (secondary N) is 1. The van der Waals surface area contributed by atoms with Crippen LogP contribution in [0.5, 0.6) is 0 Å². The largest absolute Gasteiger partial charge is 0.376 e. The zero-order valence-electron chi connectivity index (χ0n) is 19.1. The van der Waals surface area contributed by atoms with Crippen LogP contribution in [0.4, 0.5) is 4.39 Å². The lowest BCUT2D eigenvalue weighted by Gasteiger charge is -2.22. The molecule has 1 fully saturated rings. The fraction of sp³-hybridized carbons (Fsp3) is 0.440. The number of hydrogen-bond acceptors (Lipinski definition) is 3. The van der Waals surface area contributed by atoms with Gasteiger partial charge in [0.2, 0.25) is 5.91 Å². The molecule has 2 atom stereocenters. The molecule has 0 bridgehead atoms. The molecular weight excluding hydrogens is 534 g/mol. The van der Waals surface area contributed by atoms with E-state index in [0.717, 1.165) is 37.6 Å². The van der Waals surface area contributed by atoms with E-state index in [1.165, 1.54) is 17.7 Å². The molecule has 1 amide bonds. The summed E-state index contributed by atoms with van der Waals surface area (Å²) in [4.78, 5) is 18.9. The van der Waals surface area contributed by atoms with Gasteiger partial charge >= 0.3 is 0 Å². The third-order valence-electron chi connectivity index (χ3n) is 5.64. The fourth-order valence-electron chi connectivity index (χ4n) is 3.86. The molecule has 1 aliphatic heterocycles. The normalized spacial score (nSPS) is 16.8. The summed E-state index contributed by atoms with van der Waals surface area (Å²) in [5.41, 5.74) is 7.66. The Morgan fingerprint density at radius 1 is 1.21 bits per heavy atom. The maximum Gasteiger partial charge on any atom is 0.222 e. The molecule has 2 aromatic carbocycles. The molecule has 0 saturated carbocycles. The molecule has 2 unspecified atom stereocenters. The average molecular weight is 568 g/mol. The number of carbonyl (C=O) groups excluding carboxylic acids is 1. The van der Waals surface area contributed by atoms with Crippen LogP contribution in [-0.2, 0) is 22.6 Å². The molecule has 6 nitrogen and oxygen atoms in total. The summed E-state index contributed by atoms with van der Waals surface area (Å²) in [6.07, 6.45) is 1.47. The van der Waals surface area contributed by atoms with Crippen molar-refractivity contribution in [1.29, 1.82) is 0 Å². The SMILES string of the molecule is CCNC(=NCC(Cc1ccc(F)cc1)C(N)=O)N1CCC(COCc2ccccc2)C1.I. The van der Waals surface area contributed by atoms with E-state index in [4.69, 9.17) is 15.5 Å². The lowest BCUT2D eigenvalue weighted by molar-refractivity contribution is -0.121. The van der Waals surface area contributed by atoms with Crippen molar-refractivity contribution in [1.82, 2.24) is 10.2 Å². The van der Waals surface area contributed by atoms with Crippen molar-refractivity contribution in [3.8, 4) is 0 Å². The van der Waals surface area contributed by atoms with Crippen LogP contribution in [0.2, 0.25) is 0 Å². The third-order valence-corrected chi connectivity index (χ3v) is 5.64. The predicted octanol–water partition coefficient (Wildman–Crippen LogP) is 3.59. The number of halogens is 2. The summed E-state index contributed by atoms with van der Waals surface area (Å²) in [6, 6.07) is 16.3. The van der Waals surface area contributed by atoms with Gasteiger partial charge in [0.15, 0.2) is 5.96 Å². The van der Waals surface area contributed by atoms with E-state index >= 15 is 0 Å². The first kappa shape index (κ1) is 27.0. The number of guanidine groups is 1. The molecule has 0 aromatic heterocycles. The zero-order valence-corrected chi connectivity index (χ0v) is 21.4. The number of nitrogens with zero attached hydrogens (tertiary/aromatic N) is 2. The van der Waals surface area contributed by atoms with Crippen LogP contribution >= 0.6 is 24.0 Å². The van der Waals surface area contributed by atoms with E-state index < -0.39 is 11.8 Å². The molecule has 0 aliphatic carbocycles. The van der Waals surface area contributed by atoms with Gasteiger partial charge in [0.05, 0.1) is 25.7 Å². The summed E-state index contributed by atoms with van der Waals surface area (Å²) >= 11 is 0. The van der Waals surface area contributed by atoms with Crippen molar-refractivity contribution in [3.05, 3.63) is 71.5 Å². The van der Waals surface area contributed by atoms with Crippen molar-refractivity contribution >= 4 is 35.8 Å². The van der Waals surface area contributed by atoms with Crippen LogP contribution in [-0.4, -0.2) is 49.6 Å². The van der Waals surface area contributed by atoms with Gasteiger partial charge in [0.25, 0.3) is 0 Å². The maximum atomic E-state index is 13.2. The second kappa shape index (κ2) is 14.1. The number of benzene rings is 2. The van der Waals surface area contributed by atoms with E-state index in [1.807, 2.05) is 25.1 Å². The molecule has 180 valence electrons. The van der Waals surface area contributed by atoms with Crippen LogP contribution in [0.3, 0.4) is 0 Å². The van der Waals surface area contributed by atoms with Gasteiger partial charge in [-0.3, -0.25) is 9.79 Å². The quantitative estimate of drug-likeness (QED) is 0.261. The highest BCUT2D eigenvalue weighted by molar-refractivity contribution is 14.0. The molecule has 1 saturated heterocycles. The first-order chi connectivity index (χ1) is 15.5. The van der Waals surface area contributed by atoms with E-state index in [2.05, 4.69) is 22.3 Å². The number of likely N-dealkylation sites (tertiary alicyclic amines) is 1. The molecule has 33 heavy (non-hydrogen) atoms. The molecule has 8 heteroatoms. The Balaban J connectivity index is 0.00000385. The minimum atomic E-state index is -0.443. The van der Waals surface area contributed by atoms with Gasteiger partial charge in [-0.05, 0) is 43.0 Å². The van der Waals surface area contributed by atoms with Gasteiger partial charge in [-0.15, -0.1) is 24.0 Å². The molecule has 0 spiro atoms. The number of hydrogen-bond donors (Lipinski definition) is 2. The first-order valence-corrected chi connectivity index (χ1v) is 11.2. The van der Waals surface area contributed by atoms with E-state index in [-0.39, 0.29) is 29.8 Å². The topological polar surface area (TPSA) is 79.9 Å². The van der Waals surface area contributed by atoms with E-state index in [9.17, 15) is 9.18 Å². The van der Waals surface area contributed by atoms with Gasteiger partial charge in [0.1, 0.15) is 5.82 Å². The second-order valence-electron chi connectivity index (χ2n) is 8.23. The molecular formula is C25H34FIN4O2. The van der Waals surface area contributed by atoms with E-state index in [0.29, 0.717) is 32.1 Å². The summed E-state index contributed by atoms with van der Waals surface area (Å²) in [6.45, 7) is 6.14. The standard InChI is InChI=1S/C25H33FN4O2.HI/c1-2-28-25(29-15-22(24(27)31)14-19-8-10-23(26)11-9-19)30-13-12-21(16-30)18-32-17-20-6-4-3-5-7-20;/h3-11,21-22H,2,12-18H2,1H3,(H2,27,31)(H,28,29);1H. The van der Waals surface area contributed by atoms with Crippen molar-refractivity contribution in [2.75, 3.05) is 32.8 Å². The summed E-state index contributed by atoms with van der Waals surface area (Å²) in [7, 11) is 0. The molecule has 3 N–H and O–H groups in total. The van der Waals surface area contributed by atoms with Crippen LogP contribution in [0.1, 0.15) is 24.5 Å². The smallest absolute Gasteiger partial charge is 0.222 e. The van der Waals surface area contributed by atoms with Crippen molar-refractivity contribution in [2.45, 2.75) is 26.4 Å². The predicted molar refractivity (Wildman–Crippen MR) is 140 cm³/mol. The minimum absolute atomic E-state index is 0. The number of carbonyl (C=O) groups is 1. The van der Waals surface area contributed by atoms with Crippen LogP contribution in [0.15, 0.2) is 59.6 Å². The van der Waals surface area contributed by atoms with Crippen LogP contribution in [0, 0.1) is 17.7 Å². The average Bonchev–Trinajstić information content (AvgIpc) is 3.26. The fourth-order valence-corrected chi connectivity index (χ4v) is 3.86. The number of aliphatic imine (C=N–C) groups is 1. The van der Waals surface area contributed by atoms with Crippen molar-refractivity contribution < 1.29 is 13.9 Å². The van der Waals surface area contributed by atoms with Gasteiger partial charge in [-0.1, -0.05) is 42.5 Å². The molecule has 2 aromatic rings. The Labute approximate surface area is 212 Å². The summed E-state index contributed by atoms with van der Waals surface area (Å²) < 4.78 is 19.1. The number of nitrogens with two attached hydrogens (primary N) is 1. The Kier molecular flexibility index (Phi) is 11.6. The van der Waals surface area contributed by atoms with Gasteiger partial charge in [-0.2, -0.15) is 0 Å². The highest BCUT2D eigenvalue weighted by Gasteiger charge is 2.25. The lowest BCUT2D eigenvalue weighted by atomic mass is 9.99. The minimum Gasteiger partial charge on any atom is -0.376 e. The second-order valence-corrected chi connectivity index (χ2v) is 8.23. The van der Waals surface area contributed by atoms with Crippen molar-refractivity contribution in [2.24, 2.45) is 22.6 Å². The number of ether oxygens (including phenoxy) is 1. The Bertz CT molecular complexity index is 880. The van der Waals surface area contributed by atoms with Crippen LogP contribution < -0.4 is 11.1 Å². The Morgan fingerprint density at radius 3 is 2.61 bits per heavy atom. The monoisotopic (exact) mass is 568 g/mol. The zero-order chi connectivity index (χ0) is 22.8. The molecule has 1 aliphatic rings. The van der Waals surface area contributed by atoms with Crippen molar-refractivity contribution in [3.63, 3.8) is 0 Å². The number of amides is 1. The summed E-state index contributed by atoms with van der Waals surface area (Å²) in [5.74, 6) is 0.0922. The van der Waals surface area contributed by atoms with Crippen LogP contribution in [0.25, 0.3) is 0 Å².